The summed E-state index contributed by atoms with van der Waals surface area (Å²) in [6.45, 7) is 0. The van der Waals surface area contributed by atoms with Crippen LogP contribution in [0.3, 0.4) is 0 Å². The van der Waals surface area contributed by atoms with E-state index in [9.17, 15) is 0 Å². The zero-order valence-corrected chi connectivity index (χ0v) is 13.4. The van der Waals surface area contributed by atoms with Crippen LogP contribution in [-0.2, 0) is 0 Å². The second-order valence-corrected chi connectivity index (χ2v) is 5.54. The molecule has 7 heteroatoms. The number of aromatic nitrogens is 2. The fourth-order valence-corrected chi connectivity index (χ4v) is 2.26. The molecule has 0 atom stereocenters. The van der Waals surface area contributed by atoms with Gasteiger partial charge in [-0.25, -0.2) is 9.97 Å². The Labute approximate surface area is 143 Å². The lowest BCUT2D eigenvalue weighted by Gasteiger charge is -2.13. The van der Waals surface area contributed by atoms with E-state index in [1.54, 1.807) is 18.2 Å². The van der Waals surface area contributed by atoms with Crippen LogP contribution in [0.25, 0.3) is 0 Å². The van der Waals surface area contributed by atoms with Crippen molar-refractivity contribution in [2.24, 2.45) is 0 Å². The third kappa shape index (κ3) is 3.64. The van der Waals surface area contributed by atoms with E-state index >= 15 is 0 Å². The van der Waals surface area contributed by atoms with Crippen molar-refractivity contribution in [1.29, 1.82) is 0 Å². The lowest BCUT2D eigenvalue weighted by atomic mass is 10.3. The molecule has 0 aliphatic heterocycles. The van der Waals surface area contributed by atoms with Crippen molar-refractivity contribution in [2.45, 2.75) is 0 Å². The van der Waals surface area contributed by atoms with Crippen LogP contribution < -0.4 is 16.4 Å². The van der Waals surface area contributed by atoms with Crippen molar-refractivity contribution in [3.8, 4) is 0 Å². The van der Waals surface area contributed by atoms with Crippen LogP contribution in [-0.4, -0.2) is 9.97 Å². The number of nitrogens with one attached hydrogen (secondary N) is 2. The van der Waals surface area contributed by atoms with Gasteiger partial charge in [0.05, 0.1) is 10.0 Å². The van der Waals surface area contributed by atoms with Gasteiger partial charge in [0.25, 0.3) is 0 Å². The standard InChI is InChI=1S/C16H13Cl2N5/c17-12-7-6-11(8-13(12)18)23-16-14(19)15(20-9-21-16)22-10-4-2-1-3-5-10/h1-9H,19H2,(H2,20,21,22,23). The second-order valence-electron chi connectivity index (χ2n) is 4.73. The molecule has 4 N–H and O–H groups in total. The number of nitrogens with zero attached hydrogens (tertiary/aromatic N) is 2. The number of benzene rings is 2. The molecule has 1 aromatic heterocycles. The van der Waals surface area contributed by atoms with Gasteiger partial charge in [0.1, 0.15) is 12.0 Å². The predicted molar refractivity (Wildman–Crippen MR) is 95.9 cm³/mol. The van der Waals surface area contributed by atoms with E-state index in [1.807, 2.05) is 30.3 Å². The maximum atomic E-state index is 6.14. The van der Waals surface area contributed by atoms with E-state index in [2.05, 4.69) is 20.6 Å². The molecular weight excluding hydrogens is 333 g/mol. The number of hydrogen-bond donors (Lipinski definition) is 3. The molecule has 5 nitrogen and oxygen atoms in total. The summed E-state index contributed by atoms with van der Waals surface area (Å²) in [5.41, 5.74) is 8.16. The average molecular weight is 346 g/mol. The average Bonchev–Trinajstić information content (AvgIpc) is 2.56. The predicted octanol–water partition coefficient (Wildman–Crippen LogP) is 4.85. The Balaban J connectivity index is 1.86. The topological polar surface area (TPSA) is 75.9 Å². The SMILES string of the molecule is Nc1c(Nc2ccccc2)ncnc1Nc1ccc(Cl)c(Cl)c1. The Hall–Kier alpha value is -2.50. The van der Waals surface area contributed by atoms with E-state index in [0.717, 1.165) is 11.4 Å². The molecule has 116 valence electrons. The summed E-state index contributed by atoms with van der Waals surface area (Å²) in [5.74, 6) is 1.01. The third-order valence-electron chi connectivity index (χ3n) is 3.10. The highest BCUT2D eigenvalue weighted by Crippen LogP contribution is 2.30. The zero-order chi connectivity index (χ0) is 16.2. The molecule has 0 bridgehead atoms. The first-order valence-electron chi connectivity index (χ1n) is 6.78. The van der Waals surface area contributed by atoms with E-state index in [4.69, 9.17) is 28.9 Å². The van der Waals surface area contributed by atoms with Crippen LogP contribution in [0, 0.1) is 0 Å². The summed E-state index contributed by atoms with van der Waals surface area (Å²) < 4.78 is 0. The molecule has 0 radical (unpaired) electrons. The molecule has 0 aliphatic rings. The quantitative estimate of drug-likeness (QED) is 0.629. The van der Waals surface area contributed by atoms with Gasteiger partial charge in [-0.15, -0.1) is 0 Å². The highest BCUT2D eigenvalue weighted by molar-refractivity contribution is 6.42. The molecule has 3 aromatic rings. The minimum absolute atomic E-state index is 0.405. The van der Waals surface area contributed by atoms with E-state index < -0.39 is 0 Å². The maximum absolute atomic E-state index is 6.14. The van der Waals surface area contributed by atoms with Gasteiger partial charge in [0.15, 0.2) is 11.6 Å². The monoisotopic (exact) mass is 345 g/mol. The summed E-state index contributed by atoms with van der Waals surface area (Å²) >= 11 is 11.9. The minimum Gasteiger partial charge on any atom is -0.393 e. The Morgan fingerprint density at radius 1 is 0.783 bits per heavy atom. The summed E-state index contributed by atoms with van der Waals surface area (Å²) in [6, 6.07) is 14.8. The van der Waals surface area contributed by atoms with Crippen molar-refractivity contribution in [3.63, 3.8) is 0 Å². The van der Waals surface area contributed by atoms with Gasteiger partial charge < -0.3 is 16.4 Å². The molecular formula is C16H13Cl2N5. The van der Waals surface area contributed by atoms with Crippen LogP contribution in [0.5, 0.6) is 0 Å². The molecule has 1 heterocycles. The fourth-order valence-electron chi connectivity index (χ4n) is 1.96. The first kappa shape index (κ1) is 15.4. The molecule has 0 saturated heterocycles. The summed E-state index contributed by atoms with van der Waals surface area (Å²) in [6.07, 6.45) is 1.43. The number of halogens is 2. The van der Waals surface area contributed by atoms with Crippen LogP contribution in [0.15, 0.2) is 54.9 Å². The van der Waals surface area contributed by atoms with Crippen molar-refractivity contribution >= 4 is 51.9 Å². The number of nitrogen functional groups attached to an aromatic ring is 1. The van der Waals surface area contributed by atoms with Gasteiger partial charge in [0, 0.05) is 11.4 Å². The van der Waals surface area contributed by atoms with Gasteiger partial charge in [-0.1, -0.05) is 41.4 Å². The van der Waals surface area contributed by atoms with E-state index in [-0.39, 0.29) is 0 Å². The molecule has 3 rings (SSSR count). The number of rotatable bonds is 4. The van der Waals surface area contributed by atoms with E-state index in [0.29, 0.717) is 27.4 Å². The van der Waals surface area contributed by atoms with Crippen molar-refractivity contribution < 1.29 is 0 Å². The number of para-hydroxylation sites is 1. The van der Waals surface area contributed by atoms with Crippen molar-refractivity contribution in [3.05, 3.63) is 64.9 Å². The van der Waals surface area contributed by atoms with Crippen molar-refractivity contribution in [2.75, 3.05) is 16.4 Å². The molecule has 2 aromatic carbocycles. The largest absolute Gasteiger partial charge is 0.393 e. The lowest BCUT2D eigenvalue weighted by Crippen LogP contribution is -2.05. The Morgan fingerprint density at radius 2 is 1.43 bits per heavy atom. The highest BCUT2D eigenvalue weighted by atomic mass is 35.5. The van der Waals surface area contributed by atoms with Gasteiger partial charge in [-0.3, -0.25) is 0 Å². The normalized spacial score (nSPS) is 10.3. The van der Waals surface area contributed by atoms with Gasteiger partial charge in [0.2, 0.25) is 0 Å². The maximum Gasteiger partial charge on any atom is 0.159 e. The summed E-state index contributed by atoms with van der Waals surface area (Å²) in [4.78, 5) is 8.34. The number of hydrogen-bond acceptors (Lipinski definition) is 5. The Bertz CT molecular complexity index is 824. The summed E-state index contributed by atoms with van der Waals surface area (Å²) in [5, 5.41) is 7.20. The minimum atomic E-state index is 0.405. The number of nitrogens with two attached hydrogens (primary N) is 1. The molecule has 0 amide bonds. The smallest absolute Gasteiger partial charge is 0.159 e. The molecule has 0 unspecified atom stereocenters. The first-order valence-corrected chi connectivity index (χ1v) is 7.53. The van der Waals surface area contributed by atoms with Gasteiger partial charge in [-0.05, 0) is 30.3 Å². The highest BCUT2D eigenvalue weighted by Gasteiger charge is 2.09. The molecule has 23 heavy (non-hydrogen) atoms. The molecule has 0 spiro atoms. The van der Waals surface area contributed by atoms with Crippen LogP contribution in [0.2, 0.25) is 10.0 Å². The second kappa shape index (κ2) is 6.73. The van der Waals surface area contributed by atoms with Crippen LogP contribution in [0.4, 0.5) is 28.7 Å². The summed E-state index contributed by atoms with van der Waals surface area (Å²) in [7, 11) is 0. The third-order valence-corrected chi connectivity index (χ3v) is 3.84. The Morgan fingerprint density at radius 3 is 2.09 bits per heavy atom. The molecule has 0 aliphatic carbocycles. The van der Waals surface area contributed by atoms with Crippen LogP contribution in [0.1, 0.15) is 0 Å². The zero-order valence-electron chi connectivity index (χ0n) is 11.9. The van der Waals surface area contributed by atoms with Gasteiger partial charge >= 0.3 is 0 Å². The number of anilines is 5. The first-order chi connectivity index (χ1) is 11.1. The molecule has 0 fully saturated rings. The Kier molecular flexibility index (Phi) is 4.50. The van der Waals surface area contributed by atoms with E-state index in [1.165, 1.54) is 6.33 Å². The van der Waals surface area contributed by atoms with Gasteiger partial charge in [-0.2, -0.15) is 0 Å². The lowest BCUT2D eigenvalue weighted by molar-refractivity contribution is 1.17. The van der Waals surface area contributed by atoms with Crippen LogP contribution >= 0.6 is 23.2 Å². The molecule has 0 saturated carbocycles. The fraction of sp³-hybridized carbons (Fsp3) is 0. The van der Waals surface area contributed by atoms with Crippen molar-refractivity contribution in [1.82, 2.24) is 9.97 Å².